The molecule has 14 heavy (non-hydrogen) atoms. The molecule has 0 saturated carbocycles. The van der Waals surface area contributed by atoms with Crippen LogP contribution in [0, 0.1) is 0 Å². The second-order valence-electron chi connectivity index (χ2n) is 3.27. The minimum absolute atomic E-state index is 1.27. The van der Waals surface area contributed by atoms with Crippen molar-refractivity contribution in [2.24, 2.45) is 0 Å². The topological polar surface area (TPSA) is 0 Å². The van der Waals surface area contributed by atoms with E-state index in [0.29, 0.717) is 0 Å². The van der Waals surface area contributed by atoms with E-state index in [0.717, 1.165) is 0 Å². The zero-order chi connectivity index (χ0) is 10.4. The molecule has 72 valence electrons. The molecule has 0 aliphatic heterocycles. The summed E-state index contributed by atoms with van der Waals surface area (Å²) in [6, 6.07) is 10.4. The fraction of sp³-hybridized carbons (Fsp3) is 0.143. The Balaban J connectivity index is 2.98. The van der Waals surface area contributed by atoms with E-state index in [1.165, 1.54) is 16.7 Å². The summed E-state index contributed by atoms with van der Waals surface area (Å²) >= 11 is 0. The van der Waals surface area contributed by atoms with E-state index in [1.807, 2.05) is 12.1 Å². The van der Waals surface area contributed by atoms with Crippen molar-refractivity contribution >= 4 is 5.57 Å². The molecule has 0 unspecified atom stereocenters. The molecule has 0 atom stereocenters. The van der Waals surface area contributed by atoms with Gasteiger partial charge in [0.05, 0.1) is 0 Å². The Morgan fingerprint density at radius 2 is 1.79 bits per heavy atom. The molecular formula is C14H16. The van der Waals surface area contributed by atoms with E-state index in [2.05, 4.69) is 50.8 Å². The van der Waals surface area contributed by atoms with E-state index in [-0.39, 0.29) is 0 Å². The Kier molecular flexibility index (Phi) is 3.93. The van der Waals surface area contributed by atoms with Crippen LogP contribution in [-0.2, 0) is 0 Å². The van der Waals surface area contributed by atoms with Gasteiger partial charge < -0.3 is 0 Å². The van der Waals surface area contributed by atoms with Gasteiger partial charge in [-0.05, 0) is 30.6 Å². The zero-order valence-electron chi connectivity index (χ0n) is 8.83. The van der Waals surface area contributed by atoms with Gasteiger partial charge in [0.2, 0.25) is 0 Å². The highest BCUT2D eigenvalue weighted by Gasteiger charge is 1.95. The van der Waals surface area contributed by atoms with Gasteiger partial charge in [0.25, 0.3) is 0 Å². The normalized spacial score (nSPS) is 12.7. The maximum Gasteiger partial charge on any atom is -0.0225 e. The molecule has 0 aromatic heterocycles. The van der Waals surface area contributed by atoms with Crippen LogP contribution in [0.25, 0.3) is 5.57 Å². The predicted octanol–water partition coefficient (Wildman–Crippen LogP) is 4.22. The van der Waals surface area contributed by atoms with Crippen molar-refractivity contribution in [2.45, 2.75) is 13.8 Å². The summed E-state index contributed by atoms with van der Waals surface area (Å²) in [6.07, 6.45) is 5.83. The average molecular weight is 184 g/mol. The molecule has 0 radical (unpaired) electrons. The third-order valence-electron chi connectivity index (χ3n) is 2.28. The first-order chi connectivity index (χ1) is 6.75. The first kappa shape index (κ1) is 10.5. The Bertz CT molecular complexity index is 353. The third-order valence-corrected chi connectivity index (χ3v) is 2.28. The Hall–Kier alpha value is -1.56. The lowest BCUT2D eigenvalue weighted by molar-refractivity contribution is 1.46. The van der Waals surface area contributed by atoms with E-state index in [9.17, 15) is 0 Å². The van der Waals surface area contributed by atoms with Crippen LogP contribution in [0.5, 0.6) is 0 Å². The summed E-state index contributed by atoms with van der Waals surface area (Å²) in [5.41, 5.74) is 3.86. The van der Waals surface area contributed by atoms with Crippen molar-refractivity contribution in [2.75, 3.05) is 0 Å². The van der Waals surface area contributed by atoms with Gasteiger partial charge in [0, 0.05) is 0 Å². The van der Waals surface area contributed by atoms with Gasteiger partial charge >= 0.3 is 0 Å². The van der Waals surface area contributed by atoms with Crippen molar-refractivity contribution in [1.29, 1.82) is 0 Å². The molecule has 1 aromatic rings. The van der Waals surface area contributed by atoms with Gasteiger partial charge in [-0.2, -0.15) is 0 Å². The van der Waals surface area contributed by atoms with E-state index in [4.69, 9.17) is 0 Å². The SMILES string of the molecule is C=C/C=C\C(C)=C(/C)c1ccccc1. The molecule has 0 heteroatoms. The fourth-order valence-electron chi connectivity index (χ4n) is 1.25. The molecule has 0 heterocycles. The Morgan fingerprint density at radius 3 is 2.36 bits per heavy atom. The van der Waals surface area contributed by atoms with E-state index in [1.54, 1.807) is 6.08 Å². The van der Waals surface area contributed by atoms with Crippen LogP contribution in [0.1, 0.15) is 19.4 Å². The van der Waals surface area contributed by atoms with Crippen LogP contribution in [0.15, 0.2) is 60.7 Å². The number of allylic oxidation sites excluding steroid dienone is 5. The maximum atomic E-state index is 3.66. The third kappa shape index (κ3) is 2.74. The summed E-state index contributed by atoms with van der Waals surface area (Å²) in [4.78, 5) is 0. The summed E-state index contributed by atoms with van der Waals surface area (Å²) < 4.78 is 0. The molecule has 0 nitrogen and oxygen atoms in total. The van der Waals surface area contributed by atoms with Gasteiger partial charge in [0.15, 0.2) is 0 Å². The Labute approximate surface area is 86.3 Å². The highest BCUT2D eigenvalue weighted by Crippen LogP contribution is 2.18. The molecule has 0 aliphatic carbocycles. The van der Waals surface area contributed by atoms with Gasteiger partial charge in [0.1, 0.15) is 0 Å². The molecular weight excluding hydrogens is 168 g/mol. The van der Waals surface area contributed by atoms with Crippen LogP contribution in [0.4, 0.5) is 0 Å². The second-order valence-corrected chi connectivity index (χ2v) is 3.27. The van der Waals surface area contributed by atoms with Crippen LogP contribution in [-0.4, -0.2) is 0 Å². The molecule has 0 saturated heterocycles. The largest absolute Gasteiger partial charge is 0.0991 e. The first-order valence-electron chi connectivity index (χ1n) is 4.77. The predicted molar refractivity (Wildman–Crippen MR) is 64.0 cm³/mol. The van der Waals surface area contributed by atoms with Gasteiger partial charge in [-0.3, -0.25) is 0 Å². The van der Waals surface area contributed by atoms with Gasteiger partial charge in [-0.15, -0.1) is 0 Å². The van der Waals surface area contributed by atoms with Gasteiger partial charge in [-0.1, -0.05) is 55.1 Å². The van der Waals surface area contributed by atoms with Gasteiger partial charge in [-0.25, -0.2) is 0 Å². The number of hydrogen-bond acceptors (Lipinski definition) is 0. The maximum absolute atomic E-state index is 3.66. The number of hydrogen-bond donors (Lipinski definition) is 0. The van der Waals surface area contributed by atoms with Crippen molar-refractivity contribution in [3.8, 4) is 0 Å². The summed E-state index contributed by atoms with van der Waals surface area (Å²) in [6.45, 7) is 7.91. The Morgan fingerprint density at radius 1 is 1.14 bits per heavy atom. The highest BCUT2D eigenvalue weighted by molar-refractivity contribution is 5.68. The molecule has 0 bridgehead atoms. The smallest absolute Gasteiger partial charge is 0.0225 e. The minimum atomic E-state index is 1.27. The lowest BCUT2D eigenvalue weighted by atomic mass is 10.0. The summed E-state index contributed by atoms with van der Waals surface area (Å²) in [5.74, 6) is 0. The molecule has 1 aromatic carbocycles. The molecule has 0 spiro atoms. The van der Waals surface area contributed by atoms with Crippen molar-refractivity contribution in [3.63, 3.8) is 0 Å². The highest BCUT2D eigenvalue weighted by atomic mass is 14.0. The standard InChI is InChI=1S/C14H16/c1-4-5-9-12(2)13(3)14-10-7-6-8-11-14/h4-11H,1H2,2-3H3/b9-5-,13-12+. The first-order valence-corrected chi connectivity index (χ1v) is 4.77. The molecule has 0 amide bonds. The molecule has 0 fully saturated rings. The zero-order valence-corrected chi connectivity index (χ0v) is 8.83. The van der Waals surface area contributed by atoms with Crippen LogP contribution in [0.2, 0.25) is 0 Å². The summed E-state index contributed by atoms with van der Waals surface area (Å²) in [5, 5.41) is 0. The van der Waals surface area contributed by atoms with Crippen molar-refractivity contribution in [3.05, 3.63) is 66.3 Å². The minimum Gasteiger partial charge on any atom is -0.0991 e. The number of rotatable bonds is 3. The average Bonchev–Trinajstić information content (AvgIpc) is 2.26. The lowest BCUT2D eigenvalue weighted by Crippen LogP contribution is -1.81. The molecule has 1 rings (SSSR count). The lowest BCUT2D eigenvalue weighted by Gasteiger charge is -2.03. The quantitative estimate of drug-likeness (QED) is 0.617. The van der Waals surface area contributed by atoms with Crippen LogP contribution in [0.3, 0.4) is 0 Å². The summed E-state index contributed by atoms with van der Waals surface area (Å²) in [7, 11) is 0. The second kappa shape index (κ2) is 5.23. The van der Waals surface area contributed by atoms with E-state index < -0.39 is 0 Å². The van der Waals surface area contributed by atoms with Crippen LogP contribution < -0.4 is 0 Å². The molecule has 0 aliphatic rings. The molecule has 0 N–H and O–H groups in total. The monoisotopic (exact) mass is 184 g/mol. The van der Waals surface area contributed by atoms with E-state index >= 15 is 0 Å². The van der Waals surface area contributed by atoms with Crippen molar-refractivity contribution < 1.29 is 0 Å². The fourth-order valence-corrected chi connectivity index (χ4v) is 1.25. The van der Waals surface area contributed by atoms with Crippen LogP contribution >= 0.6 is 0 Å². The van der Waals surface area contributed by atoms with Crippen molar-refractivity contribution in [1.82, 2.24) is 0 Å². The number of benzene rings is 1.